The number of nitrogens with one attached hydrogen (secondary N) is 1. The molecule has 130 valence electrons. The fraction of sp³-hybridized carbons (Fsp3) is 0.294. The third kappa shape index (κ3) is 4.47. The van der Waals surface area contributed by atoms with Gasteiger partial charge in [0.2, 0.25) is 10.0 Å². The summed E-state index contributed by atoms with van der Waals surface area (Å²) >= 11 is 5.85. The summed E-state index contributed by atoms with van der Waals surface area (Å²) in [6.45, 7) is 5.61. The maximum atomic E-state index is 13.0. The van der Waals surface area contributed by atoms with Crippen molar-refractivity contribution in [2.45, 2.75) is 25.7 Å². The molecule has 0 aliphatic carbocycles. The molecule has 2 aromatic rings. The van der Waals surface area contributed by atoms with Gasteiger partial charge in [0, 0.05) is 6.54 Å². The van der Waals surface area contributed by atoms with Crippen molar-refractivity contribution in [1.29, 1.82) is 0 Å². The van der Waals surface area contributed by atoms with Crippen LogP contribution in [-0.4, -0.2) is 21.6 Å². The molecule has 0 heterocycles. The Morgan fingerprint density at radius 3 is 2.33 bits per heavy atom. The Labute approximate surface area is 146 Å². The molecule has 0 spiro atoms. The lowest BCUT2D eigenvalue weighted by molar-refractivity contribution is 0.322. The van der Waals surface area contributed by atoms with Crippen LogP contribution >= 0.6 is 11.6 Å². The Bertz CT molecular complexity index is 830. The van der Waals surface area contributed by atoms with Crippen LogP contribution < -0.4 is 9.46 Å². The van der Waals surface area contributed by atoms with Crippen molar-refractivity contribution in [3.8, 4) is 5.75 Å². The zero-order valence-corrected chi connectivity index (χ0v) is 15.3. The van der Waals surface area contributed by atoms with Crippen LogP contribution in [0.5, 0.6) is 5.75 Å². The van der Waals surface area contributed by atoms with Crippen LogP contribution in [0.15, 0.2) is 35.2 Å². The van der Waals surface area contributed by atoms with Gasteiger partial charge < -0.3 is 4.74 Å². The monoisotopic (exact) mass is 371 g/mol. The maximum absolute atomic E-state index is 13.0. The highest BCUT2D eigenvalue weighted by Gasteiger charge is 2.19. The highest BCUT2D eigenvalue weighted by Crippen LogP contribution is 2.25. The Hall–Kier alpha value is -1.63. The van der Waals surface area contributed by atoms with Gasteiger partial charge in [-0.05, 0) is 50.1 Å². The van der Waals surface area contributed by atoms with E-state index in [2.05, 4.69) is 4.72 Å². The molecule has 2 rings (SSSR count). The van der Waals surface area contributed by atoms with E-state index >= 15 is 0 Å². The Balaban J connectivity index is 2.01. The molecule has 0 fully saturated rings. The first-order valence-corrected chi connectivity index (χ1v) is 9.22. The summed E-state index contributed by atoms with van der Waals surface area (Å²) in [5.41, 5.74) is 2.41. The number of hydrogen-bond acceptors (Lipinski definition) is 3. The van der Waals surface area contributed by atoms with Crippen molar-refractivity contribution in [1.82, 2.24) is 4.72 Å². The quantitative estimate of drug-likeness (QED) is 0.786. The molecule has 0 aromatic heterocycles. The number of sulfonamides is 1. The molecule has 4 nitrogen and oxygen atoms in total. The van der Waals surface area contributed by atoms with E-state index in [1.165, 1.54) is 12.1 Å². The minimum atomic E-state index is -3.63. The van der Waals surface area contributed by atoms with Crippen molar-refractivity contribution >= 4 is 21.6 Å². The maximum Gasteiger partial charge on any atom is 0.241 e. The lowest BCUT2D eigenvalue weighted by Crippen LogP contribution is -2.29. The highest BCUT2D eigenvalue weighted by molar-refractivity contribution is 7.89. The van der Waals surface area contributed by atoms with E-state index in [4.69, 9.17) is 16.3 Å². The molecule has 24 heavy (non-hydrogen) atoms. The van der Waals surface area contributed by atoms with Crippen LogP contribution in [0.25, 0.3) is 0 Å². The van der Waals surface area contributed by atoms with Crippen LogP contribution in [0.4, 0.5) is 4.39 Å². The van der Waals surface area contributed by atoms with Gasteiger partial charge in [0.1, 0.15) is 18.2 Å². The topological polar surface area (TPSA) is 55.4 Å². The smallest absolute Gasteiger partial charge is 0.241 e. The number of halogens is 2. The fourth-order valence-corrected chi connectivity index (χ4v) is 4.28. The average molecular weight is 372 g/mol. The van der Waals surface area contributed by atoms with E-state index in [0.717, 1.165) is 11.6 Å². The lowest BCUT2D eigenvalue weighted by Gasteiger charge is -2.13. The van der Waals surface area contributed by atoms with Gasteiger partial charge in [-0.25, -0.2) is 17.5 Å². The second-order valence-electron chi connectivity index (χ2n) is 5.55. The van der Waals surface area contributed by atoms with Crippen LogP contribution in [0, 0.1) is 26.6 Å². The molecule has 0 bridgehead atoms. The molecule has 2 aromatic carbocycles. The predicted molar refractivity (Wildman–Crippen MR) is 92.7 cm³/mol. The molecule has 0 amide bonds. The number of rotatable bonds is 6. The van der Waals surface area contributed by atoms with Gasteiger partial charge in [-0.1, -0.05) is 29.3 Å². The highest BCUT2D eigenvalue weighted by atomic mass is 35.5. The van der Waals surface area contributed by atoms with Crippen LogP contribution in [0.2, 0.25) is 5.02 Å². The summed E-state index contributed by atoms with van der Waals surface area (Å²) in [4.78, 5) is 0.285. The van der Waals surface area contributed by atoms with Crippen molar-refractivity contribution in [2.24, 2.45) is 0 Å². The standard InChI is InChI=1S/C17H19ClFNO3S/c1-11-8-12(2)17(13(3)9-11)24(21,22)20-6-7-23-16-5-4-14(19)10-15(16)18/h4-5,8-10,20H,6-7H2,1-3H3. The van der Waals surface area contributed by atoms with E-state index in [-0.39, 0.29) is 23.1 Å². The second kappa shape index (κ2) is 7.51. The van der Waals surface area contributed by atoms with E-state index in [9.17, 15) is 12.8 Å². The van der Waals surface area contributed by atoms with Crippen molar-refractivity contribution < 1.29 is 17.5 Å². The zero-order chi connectivity index (χ0) is 17.9. The second-order valence-corrected chi connectivity index (χ2v) is 7.66. The molecule has 0 unspecified atom stereocenters. The molecule has 0 atom stereocenters. The molecule has 0 saturated carbocycles. The number of ether oxygens (including phenoxy) is 1. The molecular formula is C17H19ClFNO3S. The molecular weight excluding hydrogens is 353 g/mol. The van der Waals surface area contributed by atoms with E-state index in [1.807, 2.05) is 19.1 Å². The summed E-state index contributed by atoms with van der Waals surface area (Å²) in [5, 5.41) is 0.142. The van der Waals surface area contributed by atoms with Gasteiger partial charge in [-0.15, -0.1) is 0 Å². The summed E-state index contributed by atoms with van der Waals surface area (Å²) in [7, 11) is -3.63. The van der Waals surface area contributed by atoms with Gasteiger partial charge >= 0.3 is 0 Å². The summed E-state index contributed by atoms with van der Waals surface area (Å²) in [6, 6.07) is 7.43. The third-order valence-electron chi connectivity index (χ3n) is 3.42. The summed E-state index contributed by atoms with van der Waals surface area (Å²) in [6.07, 6.45) is 0. The summed E-state index contributed by atoms with van der Waals surface area (Å²) < 4.78 is 45.8. The lowest BCUT2D eigenvalue weighted by atomic mass is 10.1. The van der Waals surface area contributed by atoms with Crippen LogP contribution in [-0.2, 0) is 10.0 Å². The zero-order valence-electron chi connectivity index (χ0n) is 13.7. The molecule has 1 N–H and O–H groups in total. The van der Waals surface area contributed by atoms with Crippen molar-refractivity contribution in [3.63, 3.8) is 0 Å². The van der Waals surface area contributed by atoms with E-state index in [1.54, 1.807) is 13.8 Å². The van der Waals surface area contributed by atoms with E-state index in [0.29, 0.717) is 16.9 Å². The Morgan fingerprint density at radius 1 is 1.12 bits per heavy atom. The largest absolute Gasteiger partial charge is 0.491 e. The summed E-state index contributed by atoms with van der Waals surface area (Å²) in [5.74, 6) is -0.154. The SMILES string of the molecule is Cc1cc(C)c(S(=O)(=O)NCCOc2ccc(F)cc2Cl)c(C)c1. The average Bonchev–Trinajstić information content (AvgIpc) is 2.43. The molecule has 0 aliphatic rings. The van der Waals surface area contributed by atoms with Gasteiger partial charge in [0.05, 0.1) is 9.92 Å². The van der Waals surface area contributed by atoms with Crippen LogP contribution in [0.3, 0.4) is 0 Å². The minimum Gasteiger partial charge on any atom is -0.491 e. The molecule has 0 aliphatic heterocycles. The number of hydrogen-bond donors (Lipinski definition) is 1. The first-order chi connectivity index (χ1) is 11.2. The first-order valence-electron chi connectivity index (χ1n) is 7.36. The molecule has 0 radical (unpaired) electrons. The molecule has 7 heteroatoms. The predicted octanol–water partition coefficient (Wildman–Crippen LogP) is 3.76. The van der Waals surface area contributed by atoms with E-state index < -0.39 is 15.8 Å². The Morgan fingerprint density at radius 2 is 1.75 bits per heavy atom. The number of aryl methyl sites for hydroxylation is 3. The Kier molecular flexibility index (Phi) is 5.85. The van der Waals surface area contributed by atoms with Gasteiger partial charge in [0.15, 0.2) is 0 Å². The van der Waals surface area contributed by atoms with Crippen molar-refractivity contribution in [3.05, 3.63) is 57.9 Å². The normalized spacial score (nSPS) is 11.5. The fourth-order valence-electron chi connectivity index (χ4n) is 2.59. The van der Waals surface area contributed by atoms with Crippen LogP contribution in [0.1, 0.15) is 16.7 Å². The van der Waals surface area contributed by atoms with Gasteiger partial charge in [0.25, 0.3) is 0 Å². The van der Waals surface area contributed by atoms with Gasteiger partial charge in [-0.3, -0.25) is 0 Å². The minimum absolute atomic E-state index is 0.0722. The van der Waals surface area contributed by atoms with Crippen molar-refractivity contribution in [2.75, 3.05) is 13.2 Å². The first kappa shape index (κ1) is 18.7. The third-order valence-corrected chi connectivity index (χ3v) is 5.48. The van der Waals surface area contributed by atoms with Gasteiger partial charge in [-0.2, -0.15) is 0 Å². The molecule has 0 saturated heterocycles. The number of benzene rings is 2.